The number of nitrogens with zero attached hydrogens (tertiary/aromatic N) is 7. The Morgan fingerprint density at radius 2 is 1.88 bits per heavy atom. The molecule has 0 radical (unpaired) electrons. The molecule has 21 nitrogen and oxygen atoms in total. The smallest absolute Gasteiger partial charge is 0.389 e. The first kappa shape index (κ1) is 50.6. The van der Waals surface area contributed by atoms with Crippen LogP contribution in [0.1, 0.15) is 37.5 Å². The Morgan fingerprint density at radius 1 is 1.17 bits per heavy atom. The molecule has 2 aliphatic heterocycles. The van der Waals surface area contributed by atoms with E-state index in [1.165, 1.54) is 60.8 Å². The van der Waals surface area contributed by atoms with Crippen LogP contribution >= 0.6 is 19.1 Å². The molecule has 6 N–H and O–H groups in total. The number of aryl methyl sites for hydroxylation is 2. The van der Waals surface area contributed by atoms with E-state index in [2.05, 4.69) is 54.7 Å². The number of carboxylic acids is 1. The maximum absolute atomic E-state index is 14.5. The van der Waals surface area contributed by atoms with E-state index in [1.54, 1.807) is 4.72 Å². The number of rotatable bonds is 12. The molecule has 64 heavy (non-hydrogen) atoms. The summed E-state index contributed by atoms with van der Waals surface area (Å²) in [5.41, 5.74) is 0.607. The number of fused-ring (bicyclic) bond motifs is 2. The van der Waals surface area contributed by atoms with Crippen molar-refractivity contribution in [2.75, 3.05) is 43.3 Å². The minimum Gasteiger partial charge on any atom is -0.481 e. The predicted octanol–water partition coefficient (Wildman–Crippen LogP) is 3.25. The van der Waals surface area contributed by atoms with Crippen LogP contribution in [0.3, 0.4) is 0 Å². The number of alkyl halides is 3. The number of aliphatic carboxylic acids is 1. The minimum atomic E-state index is -4.45. The number of sulfonamides is 1. The highest BCUT2D eigenvalue weighted by molar-refractivity contribution is 7.90. The maximum Gasteiger partial charge on any atom is 0.389 e. The van der Waals surface area contributed by atoms with Crippen molar-refractivity contribution in [2.45, 2.75) is 57.7 Å². The summed E-state index contributed by atoms with van der Waals surface area (Å²) < 4.78 is 105. The van der Waals surface area contributed by atoms with Crippen molar-refractivity contribution in [2.24, 2.45) is 10.4 Å². The predicted molar refractivity (Wildman–Crippen MR) is 220 cm³/mol. The summed E-state index contributed by atoms with van der Waals surface area (Å²) in [5.74, 6) is 1.73. The second kappa shape index (κ2) is 21.1. The number of carbonyl (C=O) groups excluding carboxylic acids is 2. The Bertz CT molecular complexity index is 2650. The number of urea groups is 1. The molecule has 0 spiro atoms. The average molecular weight is 961 g/mol. The average Bonchev–Trinajstić information content (AvgIpc) is 3.69. The van der Waals surface area contributed by atoms with E-state index in [1.807, 2.05) is 4.57 Å². The first-order valence-corrected chi connectivity index (χ1v) is 22.4. The molecule has 3 amide bonds. The Balaban J connectivity index is 0.000000233. The highest BCUT2D eigenvalue weighted by atomic mass is 32.2. The number of methoxy groups -OCH3 is 1. The van der Waals surface area contributed by atoms with Crippen LogP contribution in [-0.4, -0.2) is 104 Å². The molecule has 2 aromatic heterocycles. The highest BCUT2D eigenvalue weighted by Gasteiger charge is 2.32. The molecule has 0 saturated heterocycles. The van der Waals surface area contributed by atoms with Gasteiger partial charge in [0.25, 0.3) is 15.9 Å². The first-order valence-electron chi connectivity index (χ1n) is 18.3. The van der Waals surface area contributed by atoms with Crippen molar-refractivity contribution in [3.63, 3.8) is 0 Å². The van der Waals surface area contributed by atoms with Crippen molar-refractivity contribution in [3.05, 3.63) is 64.2 Å². The maximum atomic E-state index is 14.5. The number of anilines is 2. The summed E-state index contributed by atoms with van der Waals surface area (Å²) in [6.45, 7) is 6.12. The lowest BCUT2D eigenvalue weighted by molar-refractivity contribution is -0.136. The Morgan fingerprint density at radius 3 is 2.52 bits per heavy atom. The number of terminal acetylenes is 1. The number of ether oxygens (including phenoxy) is 2. The van der Waals surface area contributed by atoms with Crippen LogP contribution in [-0.2, 0) is 43.6 Å². The van der Waals surface area contributed by atoms with Crippen LogP contribution < -0.4 is 34.5 Å². The molecule has 4 heterocycles. The Labute approximate surface area is 366 Å². The molecule has 0 bridgehead atoms. The monoisotopic (exact) mass is 960 g/mol. The number of aromatic nitrogens is 5. The first-order chi connectivity index (χ1) is 29.8. The van der Waals surface area contributed by atoms with Crippen molar-refractivity contribution in [3.8, 4) is 24.1 Å². The number of nitrogens with one attached hydrogen (secondary N) is 3. The van der Waals surface area contributed by atoms with Gasteiger partial charge in [0, 0.05) is 37.0 Å². The zero-order chi connectivity index (χ0) is 47.6. The molecule has 0 fully saturated rings. The Hall–Kier alpha value is -6.04. The van der Waals surface area contributed by atoms with Gasteiger partial charge in [-0.15, -0.1) is 6.42 Å². The minimum absolute atomic E-state index is 0.0715. The molecule has 2 aromatic carbocycles. The topological polar surface area (TPSA) is 290 Å². The number of hydrogen-bond acceptors (Lipinski definition) is 15. The number of halogens is 4. The second-order valence-corrected chi connectivity index (χ2v) is 18.3. The molecular weight excluding hydrogens is 920 g/mol. The van der Waals surface area contributed by atoms with E-state index in [4.69, 9.17) is 30.8 Å². The lowest BCUT2D eigenvalue weighted by atomic mass is 9.92. The fraction of sp³-hybridized carbons (Fsp3) is 0.389. The summed E-state index contributed by atoms with van der Waals surface area (Å²) in [5, 5.41) is 12.2. The molecule has 0 saturated carbocycles. The van der Waals surface area contributed by atoms with Gasteiger partial charge in [-0.2, -0.15) is 32.5 Å². The van der Waals surface area contributed by atoms with Gasteiger partial charge < -0.3 is 28.9 Å². The molecule has 28 heteroatoms. The SMILES string of the molecule is C#CCN1C(=O)COc2cc(F)c(/N=c3\snc4n3CC(C)(C)C4)cc21.COc1nc(C)nc(NC(=O)NS(=O)(=O)c2ccccc2CCC(F)(F)F)n1.O=C(O)CNCP(=O)(O)O. The van der Waals surface area contributed by atoms with E-state index in [-0.39, 0.29) is 53.5 Å². The van der Waals surface area contributed by atoms with Gasteiger partial charge >= 0.3 is 31.8 Å². The summed E-state index contributed by atoms with van der Waals surface area (Å²) in [7, 11) is -7.24. The zero-order valence-corrected chi connectivity index (χ0v) is 36.7. The molecule has 4 aromatic rings. The van der Waals surface area contributed by atoms with Gasteiger partial charge in [0.15, 0.2) is 12.4 Å². The summed E-state index contributed by atoms with van der Waals surface area (Å²) in [6.07, 6.45) is -0.577. The van der Waals surface area contributed by atoms with Gasteiger partial charge in [0.05, 0.1) is 37.1 Å². The molecule has 0 atom stereocenters. The van der Waals surface area contributed by atoms with Gasteiger partial charge in [0.1, 0.15) is 23.1 Å². The number of hydrogen-bond donors (Lipinski definition) is 6. The summed E-state index contributed by atoms with van der Waals surface area (Å²) >= 11 is 1.24. The third kappa shape index (κ3) is 15.1. The van der Waals surface area contributed by atoms with E-state index < -0.39 is 72.2 Å². The fourth-order valence-corrected chi connectivity index (χ4v) is 8.05. The van der Waals surface area contributed by atoms with Crippen molar-refractivity contribution in [1.29, 1.82) is 0 Å². The van der Waals surface area contributed by atoms with E-state index in [0.29, 0.717) is 16.2 Å². The van der Waals surface area contributed by atoms with Crippen molar-refractivity contribution >= 4 is 64.4 Å². The number of benzene rings is 2. The molecule has 346 valence electrons. The molecular formula is C36H41F4N10O11PS2. The van der Waals surface area contributed by atoms with Gasteiger partial charge in [-0.25, -0.2) is 27.3 Å². The van der Waals surface area contributed by atoms with Gasteiger partial charge in [0.2, 0.25) is 10.7 Å². The molecule has 2 aliphatic rings. The van der Waals surface area contributed by atoms with E-state index in [9.17, 15) is 44.9 Å². The summed E-state index contributed by atoms with van der Waals surface area (Å²) in [4.78, 5) is 67.6. The normalized spacial score (nSPS) is 14.4. The van der Waals surface area contributed by atoms with Crippen LogP contribution in [0.5, 0.6) is 11.8 Å². The molecule has 0 unspecified atom stereocenters. The zero-order valence-electron chi connectivity index (χ0n) is 34.2. The number of amides is 3. The van der Waals surface area contributed by atoms with Crippen LogP contribution in [0.25, 0.3) is 0 Å². The quantitative estimate of drug-likeness (QED) is 0.0675. The van der Waals surface area contributed by atoms with Gasteiger partial charge in [-0.1, -0.05) is 38.0 Å². The van der Waals surface area contributed by atoms with Crippen LogP contribution in [0.2, 0.25) is 0 Å². The largest absolute Gasteiger partial charge is 0.481 e. The van der Waals surface area contributed by atoms with Crippen LogP contribution in [0, 0.1) is 30.5 Å². The van der Waals surface area contributed by atoms with Crippen LogP contribution in [0.4, 0.5) is 39.7 Å². The van der Waals surface area contributed by atoms with Crippen molar-refractivity contribution in [1.82, 2.24) is 33.9 Å². The lowest BCUT2D eigenvalue weighted by Gasteiger charge is -2.28. The lowest BCUT2D eigenvalue weighted by Crippen LogP contribution is -2.39. The number of carboxylic acid groups (broad SMARTS) is 1. The standard InChI is InChI=1S/C18H17FN4O2S.C15H16F3N5O4S.C3H8NO5P/c1-4-5-22-13-7-12(11(19)6-14(13)25-9-16(22)24)20-17-23-10-18(2,3)8-15(23)21-26-17;1-9-19-12(22-14(20-9)27-2)21-13(24)23-28(25,26)11-6-4-3-5-10(11)7-8-15(16,17)18;5-3(6)1-4-2-10(7,8)9/h1,6-7H,5,8-10H2,2-3H3;3-6H,7-8H2,1-2H3,(H2,19,20,21,22,23,24);4H,1-2H2,(H,5,6)(H2,7,8,9)/b20-17-;;. The van der Waals surface area contributed by atoms with Crippen molar-refractivity contribution < 1.29 is 69.3 Å². The van der Waals surface area contributed by atoms with Gasteiger partial charge in [-0.05, 0) is 36.5 Å². The molecule has 6 rings (SSSR count). The van der Waals surface area contributed by atoms with E-state index in [0.717, 1.165) is 24.9 Å². The summed E-state index contributed by atoms with van der Waals surface area (Å²) in [6, 6.07) is 6.57. The van der Waals surface area contributed by atoms with Crippen LogP contribution in [0.15, 0.2) is 46.3 Å². The second-order valence-electron chi connectivity index (χ2n) is 14.3. The highest BCUT2D eigenvalue weighted by Crippen LogP contribution is 2.38. The number of carbonyl (C=O) groups is 3. The third-order valence-corrected chi connectivity index (χ3v) is 11.2. The molecule has 0 aliphatic carbocycles. The fourth-order valence-electron chi connectivity index (χ4n) is 5.71. The Kier molecular flexibility index (Phi) is 16.7. The van der Waals surface area contributed by atoms with Gasteiger partial charge in [-0.3, -0.25) is 29.7 Å². The third-order valence-electron chi connectivity index (χ3n) is 8.33. The van der Waals surface area contributed by atoms with E-state index >= 15 is 0 Å².